The second kappa shape index (κ2) is 4.74. The molecule has 2 nitrogen and oxygen atoms in total. The van der Waals surface area contributed by atoms with Crippen LogP contribution in [0.1, 0.15) is 12.8 Å². The Morgan fingerprint density at radius 3 is 2.25 bits per heavy atom. The van der Waals surface area contributed by atoms with Gasteiger partial charge in [0.25, 0.3) is 0 Å². The highest BCUT2D eigenvalue weighted by Gasteiger charge is 2.18. The van der Waals surface area contributed by atoms with E-state index in [1.54, 1.807) is 0 Å². The van der Waals surface area contributed by atoms with Gasteiger partial charge in [0.15, 0.2) is 0 Å². The van der Waals surface area contributed by atoms with E-state index in [0.29, 0.717) is 12.8 Å². The lowest BCUT2D eigenvalue weighted by atomic mass is 10.3. The van der Waals surface area contributed by atoms with Gasteiger partial charge in [-0.25, -0.2) is 0 Å². The molecule has 0 saturated carbocycles. The van der Waals surface area contributed by atoms with Crippen molar-refractivity contribution in [2.75, 3.05) is 0 Å². The minimum atomic E-state index is -1.45. The molecule has 0 aliphatic heterocycles. The summed E-state index contributed by atoms with van der Waals surface area (Å²) < 4.78 is 0. The highest BCUT2D eigenvalue weighted by Crippen LogP contribution is 2.14. The van der Waals surface area contributed by atoms with Gasteiger partial charge in [-0.1, -0.05) is 25.7 Å². The molecule has 0 N–H and O–H groups in total. The molecule has 0 rings (SSSR count). The number of rotatable bonds is 3. The van der Waals surface area contributed by atoms with Crippen LogP contribution in [-0.2, 0) is 0 Å². The fraction of sp³-hybridized carbons (Fsp3) is 0.556. The van der Waals surface area contributed by atoms with Crippen LogP contribution < -0.4 is 0 Å². The van der Waals surface area contributed by atoms with Crippen molar-refractivity contribution in [1.29, 1.82) is 10.5 Å². The Kier molecular flexibility index (Phi) is 4.32. The predicted octanol–water partition coefficient (Wildman–Crippen LogP) is 2.62. The standard InChI is InChI=1S/C9H14N2Si/c1-12(2,3)9(8-11)6-4-5-7-10/h6H,4-5H2,1-3H3. The van der Waals surface area contributed by atoms with Gasteiger partial charge in [-0.15, -0.1) is 0 Å². The molecular weight excluding hydrogens is 164 g/mol. The molecule has 0 heterocycles. The van der Waals surface area contributed by atoms with Crippen LogP contribution in [0.4, 0.5) is 0 Å². The first-order valence-corrected chi connectivity index (χ1v) is 7.50. The quantitative estimate of drug-likeness (QED) is 0.379. The summed E-state index contributed by atoms with van der Waals surface area (Å²) >= 11 is 0. The third-order valence-electron chi connectivity index (χ3n) is 1.53. The molecule has 0 unspecified atom stereocenters. The average molecular weight is 178 g/mol. The number of nitriles is 2. The van der Waals surface area contributed by atoms with E-state index in [1.807, 2.05) is 6.08 Å². The number of allylic oxidation sites excluding steroid dienone is 2. The Labute approximate surface area is 75.1 Å². The third-order valence-corrected chi connectivity index (χ3v) is 3.47. The normalized spacial score (nSPS) is 11.9. The zero-order valence-corrected chi connectivity index (χ0v) is 8.89. The number of hydrogen-bond donors (Lipinski definition) is 0. The summed E-state index contributed by atoms with van der Waals surface area (Å²) in [5.74, 6) is 0. The second-order valence-electron chi connectivity index (χ2n) is 3.68. The largest absolute Gasteiger partial charge is 0.198 e. The van der Waals surface area contributed by atoms with Crippen molar-refractivity contribution in [1.82, 2.24) is 0 Å². The van der Waals surface area contributed by atoms with Crippen molar-refractivity contribution in [3.8, 4) is 12.1 Å². The fourth-order valence-electron chi connectivity index (χ4n) is 0.801. The van der Waals surface area contributed by atoms with Crippen molar-refractivity contribution in [3.05, 3.63) is 11.3 Å². The van der Waals surface area contributed by atoms with Crippen LogP contribution >= 0.6 is 0 Å². The maximum Gasteiger partial charge on any atom is 0.0907 e. The smallest absolute Gasteiger partial charge is 0.0907 e. The first-order chi connectivity index (χ1) is 5.52. The summed E-state index contributed by atoms with van der Waals surface area (Å²) in [6.07, 6.45) is 3.13. The van der Waals surface area contributed by atoms with E-state index in [4.69, 9.17) is 10.5 Å². The number of nitrogens with zero attached hydrogens (tertiary/aromatic N) is 2. The van der Waals surface area contributed by atoms with Crippen LogP contribution in [0, 0.1) is 22.7 Å². The zero-order valence-electron chi connectivity index (χ0n) is 7.89. The Balaban J connectivity index is 4.30. The van der Waals surface area contributed by atoms with Crippen LogP contribution in [0.15, 0.2) is 11.3 Å². The molecule has 0 amide bonds. The summed E-state index contributed by atoms with van der Waals surface area (Å²) in [6.45, 7) is 6.40. The molecule has 3 heteroatoms. The molecule has 0 aromatic carbocycles. The van der Waals surface area contributed by atoms with E-state index in [-0.39, 0.29) is 0 Å². The zero-order chi connectivity index (χ0) is 9.61. The first kappa shape index (κ1) is 10.9. The molecule has 0 spiro atoms. The molecule has 0 fully saturated rings. The maximum atomic E-state index is 8.79. The highest BCUT2D eigenvalue weighted by atomic mass is 28.3. The lowest BCUT2D eigenvalue weighted by Crippen LogP contribution is -2.22. The fourth-order valence-corrected chi connectivity index (χ4v) is 1.89. The van der Waals surface area contributed by atoms with Gasteiger partial charge in [-0.2, -0.15) is 10.5 Å². The monoisotopic (exact) mass is 178 g/mol. The molecule has 64 valence electrons. The van der Waals surface area contributed by atoms with E-state index >= 15 is 0 Å². The topological polar surface area (TPSA) is 47.6 Å². The molecule has 0 saturated heterocycles. The maximum absolute atomic E-state index is 8.79. The molecule has 0 aliphatic carbocycles. The first-order valence-electron chi connectivity index (χ1n) is 4.00. The van der Waals surface area contributed by atoms with Crippen molar-refractivity contribution in [3.63, 3.8) is 0 Å². The average Bonchev–Trinajstić information content (AvgIpc) is 1.95. The Morgan fingerprint density at radius 2 is 1.92 bits per heavy atom. The summed E-state index contributed by atoms with van der Waals surface area (Å²) in [5, 5.41) is 18.0. The van der Waals surface area contributed by atoms with Gasteiger partial charge in [0.2, 0.25) is 0 Å². The lowest BCUT2D eigenvalue weighted by molar-refractivity contribution is 1.06. The Morgan fingerprint density at radius 1 is 1.33 bits per heavy atom. The van der Waals surface area contributed by atoms with Crippen molar-refractivity contribution in [2.24, 2.45) is 0 Å². The minimum Gasteiger partial charge on any atom is -0.198 e. The van der Waals surface area contributed by atoms with Crippen LogP contribution in [0.3, 0.4) is 0 Å². The van der Waals surface area contributed by atoms with E-state index in [1.165, 1.54) is 0 Å². The second-order valence-corrected chi connectivity index (χ2v) is 8.72. The van der Waals surface area contributed by atoms with E-state index in [2.05, 4.69) is 31.8 Å². The molecule has 0 radical (unpaired) electrons. The van der Waals surface area contributed by atoms with Crippen molar-refractivity contribution < 1.29 is 0 Å². The van der Waals surface area contributed by atoms with Gasteiger partial charge in [-0.3, -0.25) is 0 Å². The van der Waals surface area contributed by atoms with E-state index in [0.717, 1.165) is 5.20 Å². The summed E-state index contributed by atoms with van der Waals surface area (Å²) in [7, 11) is -1.45. The minimum absolute atomic E-state index is 0.510. The molecule has 0 atom stereocenters. The van der Waals surface area contributed by atoms with Gasteiger partial charge in [0.1, 0.15) is 0 Å². The third kappa shape index (κ3) is 3.95. The summed E-state index contributed by atoms with van der Waals surface area (Å²) in [4.78, 5) is 0. The van der Waals surface area contributed by atoms with Gasteiger partial charge >= 0.3 is 0 Å². The molecular formula is C9H14N2Si. The molecule has 0 bridgehead atoms. The lowest BCUT2D eigenvalue weighted by Gasteiger charge is -2.13. The molecule has 0 aromatic heterocycles. The van der Waals surface area contributed by atoms with Crippen molar-refractivity contribution >= 4 is 8.07 Å². The van der Waals surface area contributed by atoms with Gasteiger partial charge < -0.3 is 0 Å². The van der Waals surface area contributed by atoms with E-state index in [9.17, 15) is 0 Å². The van der Waals surface area contributed by atoms with Gasteiger partial charge in [0.05, 0.1) is 20.2 Å². The van der Waals surface area contributed by atoms with Gasteiger partial charge in [-0.05, 0) is 6.42 Å². The number of hydrogen-bond acceptors (Lipinski definition) is 2. The van der Waals surface area contributed by atoms with Crippen LogP contribution in [0.2, 0.25) is 19.6 Å². The predicted molar refractivity (Wildman–Crippen MR) is 51.9 cm³/mol. The molecule has 0 aliphatic rings. The van der Waals surface area contributed by atoms with Crippen molar-refractivity contribution in [2.45, 2.75) is 32.5 Å². The van der Waals surface area contributed by atoms with Gasteiger partial charge in [0, 0.05) is 11.6 Å². The molecule has 0 aromatic rings. The van der Waals surface area contributed by atoms with E-state index < -0.39 is 8.07 Å². The SMILES string of the molecule is C[Si](C)(C)C(C#N)=CCCC#N. The van der Waals surface area contributed by atoms with Crippen LogP contribution in [0.25, 0.3) is 0 Å². The van der Waals surface area contributed by atoms with Crippen LogP contribution in [-0.4, -0.2) is 8.07 Å². The Bertz CT molecular complexity index is 247. The summed E-state index contributed by atoms with van der Waals surface area (Å²) in [5.41, 5.74) is 0. The highest BCUT2D eigenvalue weighted by molar-refractivity contribution is 6.84. The summed E-state index contributed by atoms with van der Waals surface area (Å²) in [6, 6.07) is 4.27. The number of unbranched alkanes of at least 4 members (excludes halogenated alkanes) is 1. The van der Waals surface area contributed by atoms with Crippen LogP contribution in [0.5, 0.6) is 0 Å². The Hall–Kier alpha value is -1.06. The molecule has 12 heavy (non-hydrogen) atoms.